The number of morpholine rings is 1. The molecule has 1 aliphatic heterocycles. The van der Waals surface area contributed by atoms with Crippen LogP contribution in [0, 0.1) is 5.92 Å². The van der Waals surface area contributed by atoms with E-state index in [1.807, 2.05) is 0 Å². The zero-order valence-corrected chi connectivity index (χ0v) is 17.0. The molecule has 1 aliphatic rings. The number of hydrogen-bond donors (Lipinski definition) is 0. The lowest BCUT2D eigenvalue weighted by molar-refractivity contribution is -0.136. The molecular formula is C21H37N3O2. The Hall–Kier alpha value is -1.33. The number of aryl methyl sites for hydroxylation is 1. The molecule has 26 heavy (non-hydrogen) atoms. The maximum absolute atomic E-state index is 13.2. The lowest BCUT2D eigenvalue weighted by atomic mass is 9.97. The van der Waals surface area contributed by atoms with Gasteiger partial charge >= 0.3 is 0 Å². The number of hydrogen-bond acceptors (Lipinski definition) is 3. The molecule has 148 valence electrons. The zero-order chi connectivity index (χ0) is 18.8. The van der Waals surface area contributed by atoms with Gasteiger partial charge in [-0.25, -0.2) is 0 Å². The first-order chi connectivity index (χ1) is 12.7. The third-order valence-electron chi connectivity index (χ3n) is 5.47. The first kappa shape index (κ1) is 21.0. The van der Waals surface area contributed by atoms with Crippen LogP contribution in [0.3, 0.4) is 0 Å². The first-order valence-corrected chi connectivity index (χ1v) is 10.3. The Morgan fingerprint density at radius 2 is 2.04 bits per heavy atom. The van der Waals surface area contributed by atoms with Gasteiger partial charge in [-0.2, -0.15) is 0 Å². The number of ether oxygens (including phenoxy) is 1. The number of carbonyl (C=O) groups is 1. The molecule has 1 aromatic rings. The van der Waals surface area contributed by atoms with E-state index >= 15 is 0 Å². The minimum atomic E-state index is 0.165. The molecule has 0 aromatic carbocycles. The van der Waals surface area contributed by atoms with Gasteiger partial charge in [-0.1, -0.05) is 26.7 Å². The summed E-state index contributed by atoms with van der Waals surface area (Å²) < 4.78 is 7.54. The summed E-state index contributed by atoms with van der Waals surface area (Å²) in [5.74, 6) is 0.503. The normalized spacial score (nSPS) is 16.6. The van der Waals surface area contributed by atoms with Crippen LogP contribution in [0.1, 0.15) is 51.6 Å². The van der Waals surface area contributed by atoms with Gasteiger partial charge in [-0.3, -0.25) is 9.69 Å². The second-order valence-electron chi connectivity index (χ2n) is 7.43. The van der Waals surface area contributed by atoms with E-state index in [0.717, 1.165) is 71.5 Å². The summed E-state index contributed by atoms with van der Waals surface area (Å²) in [5, 5.41) is 0. The molecule has 2 rings (SSSR count). The maximum Gasteiger partial charge on any atom is 0.226 e. The van der Waals surface area contributed by atoms with Crippen LogP contribution < -0.4 is 0 Å². The van der Waals surface area contributed by atoms with E-state index in [1.54, 1.807) is 0 Å². The smallest absolute Gasteiger partial charge is 0.226 e. The molecule has 5 heteroatoms. The quantitative estimate of drug-likeness (QED) is 0.605. The van der Waals surface area contributed by atoms with Gasteiger partial charge in [-0.15, -0.1) is 0 Å². The topological polar surface area (TPSA) is 37.7 Å². The molecule has 2 heterocycles. The summed E-state index contributed by atoms with van der Waals surface area (Å²) >= 11 is 0. The lowest BCUT2D eigenvalue weighted by Gasteiger charge is -2.30. The summed E-state index contributed by atoms with van der Waals surface area (Å²) in [7, 11) is 2.06. The molecule has 0 radical (unpaired) electrons. The standard InChI is InChI=1S/C21H37N3O2/c1-4-6-9-19(5-2)21(25)24(18-20-10-7-11-22(20)3)13-8-12-23-14-16-26-17-15-23/h7,10-11,19H,4-6,8-9,12-18H2,1-3H3/t19-/m1/s1. The highest BCUT2D eigenvalue weighted by molar-refractivity contribution is 5.78. The number of carbonyl (C=O) groups excluding carboxylic acids is 1. The number of rotatable bonds is 11. The van der Waals surface area contributed by atoms with Crippen LogP contribution in [-0.4, -0.2) is 59.7 Å². The van der Waals surface area contributed by atoms with Gasteiger partial charge in [0, 0.05) is 51.0 Å². The highest BCUT2D eigenvalue weighted by Crippen LogP contribution is 2.18. The molecule has 1 amide bonds. The van der Waals surface area contributed by atoms with Gasteiger partial charge in [0.15, 0.2) is 0 Å². The molecule has 5 nitrogen and oxygen atoms in total. The highest BCUT2D eigenvalue weighted by atomic mass is 16.5. The van der Waals surface area contributed by atoms with Crippen molar-refractivity contribution in [3.8, 4) is 0 Å². The Bertz CT molecular complexity index is 523. The summed E-state index contributed by atoms with van der Waals surface area (Å²) in [4.78, 5) is 17.7. The Balaban J connectivity index is 1.95. The van der Waals surface area contributed by atoms with E-state index in [0.29, 0.717) is 12.5 Å². The third-order valence-corrected chi connectivity index (χ3v) is 5.47. The second kappa shape index (κ2) is 11.4. The van der Waals surface area contributed by atoms with Crippen LogP contribution in [0.5, 0.6) is 0 Å². The van der Waals surface area contributed by atoms with Crippen molar-refractivity contribution < 1.29 is 9.53 Å². The van der Waals surface area contributed by atoms with Gasteiger partial charge in [0.1, 0.15) is 0 Å². The summed E-state index contributed by atoms with van der Waals surface area (Å²) in [5.41, 5.74) is 1.20. The van der Waals surface area contributed by atoms with Gasteiger partial charge in [-0.05, 0) is 31.4 Å². The van der Waals surface area contributed by atoms with Crippen LogP contribution in [0.25, 0.3) is 0 Å². The molecule has 0 N–H and O–H groups in total. The van der Waals surface area contributed by atoms with Crippen molar-refractivity contribution in [2.45, 2.75) is 52.5 Å². The first-order valence-electron chi connectivity index (χ1n) is 10.3. The summed E-state index contributed by atoms with van der Waals surface area (Å²) in [6, 6.07) is 4.18. The molecule has 1 saturated heterocycles. The van der Waals surface area contributed by atoms with E-state index in [9.17, 15) is 4.79 Å². The fourth-order valence-electron chi connectivity index (χ4n) is 3.64. The van der Waals surface area contributed by atoms with Crippen molar-refractivity contribution in [1.82, 2.24) is 14.4 Å². The molecule has 0 spiro atoms. The Morgan fingerprint density at radius 3 is 2.65 bits per heavy atom. The van der Waals surface area contributed by atoms with E-state index in [2.05, 4.69) is 53.6 Å². The molecule has 1 fully saturated rings. The highest BCUT2D eigenvalue weighted by Gasteiger charge is 2.23. The van der Waals surface area contributed by atoms with Gasteiger partial charge in [0.25, 0.3) is 0 Å². The number of amides is 1. The Kier molecular flexibility index (Phi) is 9.19. The molecule has 0 saturated carbocycles. The van der Waals surface area contributed by atoms with E-state index < -0.39 is 0 Å². The fraction of sp³-hybridized carbons (Fsp3) is 0.762. The largest absolute Gasteiger partial charge is 0.379 e. The van der Waals surface area contributed by atoms with Gasteiger partial charge in [0.2, 0.25) is 5.91 Å². The van der Waals surface area contributed by atoms with Gasteiger partial charge in [0.05, 0.1) is 19.8 Å². The van der Waals surface area contributed by atoms with Crippen LogP contribution in [0.4, 0.5) is 0 Å². The maximum atomic E-state index is 13.2. The molecule has 1 atom stereocenters. The van der Waals surface area contributed by atoms with Crippen LogP contribution >= 0.6 is 0 Å². The fourth-order valence-corrected chi connectivity index (χ4v) is 3.64. The van der Waals surface area contributed by atoms with Crippen LogP contribution in [-0.2, 0) is 23.1 Å². The van der Waals surface area contributed by atoms with Crippen LogP contribution in [0.15, 0.2) is 18.3 Å². The predicted octanol–water partition coefficient (Wildman–Crippen LogP) is 3.29. The van der Waals surface area contributed by atoms with Crippen molar-refractivity contribution in [3.05, 3.63) is 24.0 Å². The third kappa shape index (κ3) is 6.44. The molecule has 1 aromatic heterocycles. The number of unbranched alkanes of at least 4 members (excludes halogenated alkanes) is 1. The van der Waals surface area contributed by atoms with Crippen molar-refractivity contribution in [2.75, 3.05) is 39.4 Å². The van der Waals surface area contributed by atoms with Crippen molar-refractivity contribution in [3.63, 3.8) is 0 Å². The average molecular weight is 364 g/mol. The lowest BCUT2D eigenvalue weighted by Crippen LogP contribution is -2.40. The SMILES string of the molecule is CCCC[C@@H](CC)C(=O)N(CCCN1CCOCC1)Cc1cccn1C. The predicted molar refractivity (Wildman–Crippen MR) is 106 cm³/mol. The zero-order valence-electron chi connectivity index (χ0n) is 17.0. The second-order valence-corrected chi connectivity index (χ2v) is 7.43. The summed E-state index contributed by atoms with van der Waals surface area (Å²) in [6.45, 7) is 10.6. The van der Waals surface area contributed by atoms with Crippen molar-refractivity contribution in [2.24, 2.45) is 13.0 Å². The van der Waals surface area contributed by atoms with E-state index in [-0.39, 0.29) is 5.92 Å². The minimum absolute atomic E-state index is 0.165. The van der Waals surface area contributed by atoms with Crippen molar-refractivity contribution in [1.29, 1.82) is 0 Å². The Morgan fingerprint density at radius 1 is 1.27 bits per heavy atom. The monoisotopic (exact) mass is 363 g/mol. The number of nitrogens with zero attached hydrogens (tertiary/aromatic N) is 3. The Labute approximate surface area is 159 Å². The van der Waals surface area contributed by atoms with Crippen LogP contribution in [0.2, 0.25) is 0 Å². The molecule has 0 unspecified atom stereocenters. The van der Waals surface area contributed by atoms with E-state index in [1.165, 1.54) is 5.69 Å². The van der Waals surface area contributed by atoms with Crippen molar-refractivity contribution >= 4 is 5.91 Å². The van der Waals surface area contributed by atoms with Gasteiger partial charge < -0.3 is 14.2 Å². The average Bonchev–Trinajstić information content (AvgIpc) is 3.07. The number of aromatic nitrogens is 1. The molecule has 0 aliphatic carbocycles. The molecular weight excluding hydrogens is 326 g/mol. The minimum Gasteiger partial charge on any atom is -0.379 e. The molecule has 0 bridgehead atoms. The van der Waals surface area contributed by atoms with E-state index in [4.69, 9.17) is 4.74 Å². The summed E-state index contributed by atoms with van der Waals surface area (Å²) in [6.07, 6.45) is 7.32.